The third-order valence-electron chi connectivity index (χ3n) is 3.48. The van der Waals surface area contributed by atoms with Crippen molar-refractivity contribution >= 4 is 5.97 Å². The number of carboxylic acids is 1. The zero-order valence-corrected chi connectivity index (χ0v) is 10.6. The van der Waals surface area contributed by atoms with Crippen molar-refractivity contribution < 1.29 is 18.7 Å². The van der Waals surface area contributed by atoms with Crippen molar-refractivity contribution in [2.45, 2.75) is 19.0 Å². The van der Waals surface area contributed by atoms with Gasteiger partial charge in [0, 0.05) is 31.2 Å². The van der Waals surface area contributed by atoms with E-state index in [0.717, 1.165) is 18.2 Å². The minimum atomic E-state index is -0.962. The van der Waals surface area contributed by atoms with Crippen molar-refractivity contribution in [2.75, 3.05) is 19.6 Å². The molecular formula is C13H16F2N2O2. The molecule has 0 amide bonds. The number of benzene rings is 1. The van der Waals surface area contributed by atoms with Crippen LogP contribution < -0.4 is 5.32 Å². The second kappa shape index (κ2) is 5.63. The van der Waals surface area contributed by atoms with Crippen LogP contribution in [0, 0.1) is 11.6 Å². The molecule has 1 fully saturated rings. The van der Waals surface area contributed by atoms with Gasteiger partial charge in [-0.25, -0.2) is 8.78 Å². The Morgan fingerprint density at radius 2 is 2.26 bits per heavy atom. The van der Waals surface area contributed by atoms with E-state index in [4.69, 9.17) is 0 Å². The quantitative estimate of drug-likeness (QED) is 0.871. The van der Waals surface area contributed by atoms with Gasteiger partial charge in [0.2, 0.25) is 0 Å². The summed E-state index contributed by atoms with van der Waals surface area (Å²) in [5.41, 5.74) is 0.188. The number of hydrogen-bond acceptors (Lipinski definition) is 3. The lowest BCUT2D eigenvalue weighted by molar-refractivity contribution is -0.145. The lowest BCUT2D eigenvalue weighted by atomic mass is 10.0. The van der Waals surface area contributed by atoms with Crippen LogP contribution in [-0.2, 0) is 4.79 Å². The Labute approximate surface area is 110 Å². The molecule has 2 N–H and O–H groups in total. The molecule has 2 unspecified atom stereocenters. The molecule has 19 heavy (non-hydrogen) atoms. The van der Waals surface area contributed by atoms with Crippen LogP contribution in [0.15, 0.2) is 18.2 Å². The van der Waals surface area contributed by atoms with Crippen molar-refractivity contribution in [1.29, 1.82) is 0 Å². The molecule has 0 aliphatic carbocycles. The molecule has 0 spiro atoms. The largest absolute Gasteiger partial charge is 0.480 e. The SMILES string of the molecule is CC(c1cc(F)ccc1F)N1CCNCC1C(=O)O. The average Bonchev–Trinajstić information content (AvgIpc) is 2.40. The van der Waals surface area contributed by atoms with Crippen LogP contribution in [0.5, 0.6) is 0 Å². The topological polar surface area (TPSA) is 52.6 Å². The lowest BCUT2D eigenvalue weighted by Crippen LogP contribution is -2.55. The fourth-order valence-electron chi connectivity index (χ4n) is 2.43. The maximum Gasteiger partial charge on any atom is 0.322 e. The van der Waals surface area contributed by atoms with Crippen molar-refractivity contribution in [3.63, 3.8) is 0 Å². The normalized spacial score (nSPS) is 22.2. The van der Waals surface area contributed by atoms with Crippen molar-refractivity contribution in [1.82, 2.24) is 10.2 Å². The summed E-state index contributed by atoms with van der Waals surface area (Å²) in [5, 5.41) is 12.2. The first kappa shape index (κ1) is 13.9. The summed E-state index contributed by atoms with van der Waals surface area (Å²) in [6.07, 6.45) is 0. The number of hydrogen-bond donors (Lipinski definition) is 2. The monoisotopic (exact) mass is 270 g/mol. The maximum atomic E-state index is 13.7. The summed E-state index contributed by atoms with van der Waals surface area (Å²) in [5.74, 6) is -2.00. The van der Waals surface area contributed by atoms with Gasteiger partial charge in [0.05, 0.1) is 0 Å². The number of piperazine rings is 1. The molecule has 1 saturated heterocycles. The van der Waals surface area contributed by atoms with E-state index in [0.29, 0.717) is 19.6 Å². The summed E-state index contributed by atoms with van der Waals surface area (Å²) in [6, 6.07) is 2.03. The number of rotatable bonds is 3. The highest BCUT2D eigenvalue weighted by atomic mass is 19.1. The molecule has 1 heterocycles. The zero-order chi connectivity index (χ0) is 14.0. The van der Waals surface area contributed by atoms with Gasteiger partial charge in [0.25, 0.3) is 0 Å². The Bertz CT molecular complexity index is 482. The summed E-state index contributed by atoms with van der Waals surface area (Å²) in [6.45, 7) is 3.11. The van der Waals surface area contributed by atoms with Gasteiger partial charge in [0.15, 0.2) is 0 Å². The van der Waals surface area contributed by atoms with Crippen molar-refractivity contribution in [3.05, 3.63) is 35.4 Å². The molecule has 6 heteroatoms. The molecule has 0 saturated carbocycles. The van der Waals surface area contributed by atoms with Gasteiger partial charge >= 0.3 is 5.97 Å². The first-order valence-corrected chi connectivity index (χ1v) is 6.15. The predicted octanol–water partition coefficient (Wildman–Crippen LogP) is 1.38. The molecule has 1 aliphatic rings. The smallest absolute Gasteiger partial charge is 0.322 e. The molecule has 2 atom stereocenters. The van der Waals surface area contributed by atoms with Gasteiger partial charge in [0.1, 0.15) is 17.7 Å². The molecule has 1 aromatic carbocycles. The second-order valence-corrected chi connectivity index (χ2v) is 4.64. The lowest BCUT2D eigenvalue weighted by Gasteiger charge is -2.38. The second-order valence-electron chi connectivity index (χ2n) is 4.64. The number of carboxylic acid groups (broad SMARTS) is 1. The van der Waals surface area contributed by atoms with E-state index >= 15 is 0 Å². The van der Waals surface area contributed by atoms with Crippen LogP contribution in [-0.4, -0.2) is 41.7 Å². The standard InChI is InChI=1S/C13H16F2N2O2/c1-8(10-6-9(14)2-3-11(10)15)17-5-4-16-7-12(17)13(18)19/h2-3,6,8,12,16H,4-5,7H2,1H3,(H,18,19). The third kappa shape index (κ3) is 2.90. The number of nitrogens with one attached hydrogen (secondary N) is 1. The Balaban J connectivity index is 2.28. The number of aliphatic carboxylic acids is 1. The third-order valence-corrected chi connectivity index (χ3v) is 3.48. The molecular weight excluding hydrogens is 254 g/mol. The van der Waals surface area contributed by atoms with E-state index < -0.39 is 29.7 Å². The minimum Gasteiger partial charge on any atom is -0.480 e. The fraction of sp³-hybridized carbons (Fsp3) is 0.462. The van der Waals surface area contributed by atoms with Gasteiger partial charge in [-0.1, -0.05) is 0 Å². The number of halogens is 2. The first-order chi connectivity index (χ1) is 9.00. The molecule has 2 rings (SSSR count). The van der Waals surface area contributed by atoms with Gasteiger partial charge in [-0.15, -0.1) is 0 Å². The van der Waals surface area contributed by atoms with Crippen molar-refractivity contribution in [2.24, 2.45) is 0 Å². The van der Waals surface area contributed by atoms with Gasteiger partial charge in [-0.05, 0) is 25.1 Å². The Hall–Kier alpha value is -1.53. The van der Waals surface area contributed by atoms with Gasteiger partial charge < -0.3 is 10.4 Å². The van der Waals surface area contributed by atoms with Crippen LogP contribution in [0.2, 0.25) is 0 Å². The zero-order valence-electron chi connectivity index (χ0n) is 10.6. The fourth-order valence-corrected chi connectivity index (χ4v) is 2.43. The molecule has 0 aromatic heterocycles. The Morgan fingerprint density at radius 3 is 2.95 bits per heavy atom. The van der Waals surface area contributed by atoms with E-state index in [1.54, 1.807) is 11.8 Å². The van der Waals surface area contributed by atoms with Gasteiger partial charge in [-0.2, -0.15) is 0 Å². The van der Waals surface area contributed by atoms with Crippen LogP contribution in [0.25, 0.3) is 0 Å². The summed E-state index contributed by atoms with van der Waals surface area (Å²) < 4.78 is 27.0. The van der Waals surface area contributed by atoms with Crippen molar-refractivity contribution in [3.8, 4) is 0 Å². The number of carbonyl (C=O) groups is 1. The van der Waals surface area contributed by atoms with Crippen LogP contribution in [0.3, 0.4) is 0 Å². The molecule has 1 aromatic rings. The van der Waals surface area contributed by atoms with E-state index in [1.165, 1.54) is 0 Å². The Morgan fingerprint density at radius 1 is 1.53 bits per heavy atom. The molecule has 104 valence electrons. The molecule has 0 radical (unpaired) electrons. The minimum absolute atomic E-state index is 0.188. The summed E-state index contributed by atoms with van der Waals surface area (Å²) in [7, 11) is 0. The highest BCUT2D eigenvalue weighted by Gasteiger charge is 2.33. The summed E-state index contributed by atoms with van der Waals surface area (Å²) >= 11 is 0. The molecule has 0 bridgehead atoms. The van der Waals surface area contributed by atoms with Crippen LogP contribution in [0.1, 0.15) is 18.5 Å². The van der Waals surface area contributed by atoms with Crippen LogP contribution in [0.4, 0.5) is 8.78 Å². The maximum absolute atomic E-state index is 13.7. The highest BCUT2D eigenvalue weighted by molar-refractivity contribution is 5.74. The summed E-state index contributed by atoms with van der Waals surface area (Å²) in [4.78, 5) is 12.9. The Kier molecular flexibility index (Phi) is 4.11. The molecule has 4 nitrogen and oxygen atoms in total. The first-order valence-electron chi connectivity index (χ1n) is 6.15. The number of nitrogens with zero attached hydrogens (tertiary/aromatic N) is 1. The predicted molar refractivity (Wildman–Crippen MR) is 65.8 cm³/mol. The van der Waals surface area contributed by atoms with E-state index in [2.05, 4.69) is 5.32 Å². The van der Waals surface area contributed by atoms with E-state index in [9.17, 15) is 18.7 Å². The highest BCUT2D eigenvalue weighted by Crippen LogP contribution is 2.26. The van der Waals surface area contributed by atoms with Gasteiger partial charge in [-0.3, -0.25) is 9.69 Å². The van der Waals surface area contributed by atoms with E-state index in [-0.39, 0.29) is 5.56 Å². The molecule has 1 aliphatic heterocycles. The van der Waals surface area contributed by atoms with Crippen LogP contribution >= 0.6 is 0 Å². The van der Waals surface area contributed by atoms with E-state index in [1.807, 2.05) is 0 Å². The average molecular weight is 270 g/mol.